The first-order valence-electron chi connectivity index (χ1n) is 10.8. The van der Waals surface area contributed by atoms with E-state index in [4.69, 9.17) is 4.74 Å². The average molecular weight is 468 g/mol. The summed E-state index contributed by atoms with van der Waals surface area (Å²) >= 11 is 0. The van der Waals surface area contributed by atoms with Crippen LogP contribution in [0.4, 0.5) is 22.0 Å². The first-order chi connectivity index (χ1) is 16.3. The van der Waals surface area contributed by atoms with Crippen LogP contribution in [0.15, 0.2) is 42.5 Å². The lowest BCUT2D eigenvalue weighted by molar-refractivity contribution is 0.301. The molecule has 0 N–H and O–H groups in total. The molecule has 0 unspecified atom stereocenters. The smallest absolute Gasteiger partial charge is 0.166 e. The van der Waals surface area contributed by atoms with Gasteiger partial charge in [0.1, 0.15) is 23.3 Å². The van der Waals surface area contributed by atoms with Crippen molar-refractivity contribution in [3.63, 3.8) is 0 Å². The number of aryl methyl sites for hydroxylation is 1. The maximum absolute atomic E-state index is 14.5. The monoisotopic (exact) mass is 468 g/mol. The molecule has 0 fully saturated rings. The molecule has 174 valence electrons. The van der Waals surface area contributed by atoms with Crippen LogP contribution in [0.5, 0.6) is 5.75 Å². The Labute approximate surface area is 195 Å². The van der Waals surface area contributed by atoms with E-state index in [-0.39, 0.29) is 16.9 Å². The molecule has 0 saturated heterocycles. The molecule has 1 nitrogen and oxygen atoms in total. The van der Waals surface area contributed by atoms with Crippen LogP contribution in [0.2, 0.25) is 0 Å². The van der Waals surface area contributed by atoms with Crippen LogP contribution in [0.1, 0.15) is 54.5 Å². The summed E-state index contributed by atoms with van der Waals surface area (Å²) in [5.74, 6) is 5.32. The normalized spacial score (nSPS) is 10.2. The second-order valence-electron chi connectivity index (χ2n) is 7.49. The van der Waals surface area contributed by atoms with E-state index in [1.54, 1.807) is 0 Å². The zero-order valence-electron chi connectivity index (χ0n) is 18.7. The summed E-state index contributed by atoms with van der Waals surface area (Å²) in [6, 6.07) is 8.22. The number of hydrogen-bond acceptors (Lipinski definition) is 1. The van der Waals surface area contributed by atoms with Crippen molar-refractivity contribution in [2.75, 3.05) is 6.61 Å². The van der Waals surface area contributed by atoms with E-state index >= 15 is 0 Å². The summed E-state index contributed by atoms with van der Waals surface area (Å²) in [5, 5.41) is 0. The quantitative estimate of drug-likeness (QED) is 0.292. The lowest BCUT2D eigenvalue weighted by Crippen LogP contribution is -1.97. The molecule has 3 rings (SSSR count). The highest BCUT2D eigenvalue weighted by Gasteiger charge is 2.11. The van der Waals surface area contributed by atoms with Crippen LogP contribution in [0.25, 0.3) is 0 Å². The summed E-state index contributed by atoms with van der Waals surface area (Å²) < 4.78 is 76.6. The van der Waals surface area contributed by atoms with Gasteiger partial charge in [0.25, 0.3) is 0 Å². The minimum atomic E-state index is -1.00. The fourth-order valence-corrected chi connectivity index (χ4v) is 3.12. The Balaban J connectivity index is 1.85. The second kappa shape index (κ2) is 11.4. The molecule has 0 amide bonds. The highest BCUT2D eigenvalue weighted by atomic mass is 19.1. The van der Waals surface area contributed by atoms with E-state index in [1.807, 2.05) is 13.8 Å². The van der Waals surface area contributed by atoms with Crippen molar-refractivity contribution in [3.8, 4) is 29.4 Å². The molecule has 0 saturated carbocycles. The van der Waals surface area contributed by atoms with Gasteiger partial charge in [-0.1, -0.05) is 44.0 Å². The fraction of sp³-hybridized carbons (Fsp3) is 0.214. The summed E-state index contributed by atoms with van der Waals surface area (Å²) in [6.45, 7) is 4.13. The van der Waals surface area contributed by atoms with Crippen LogP contribution in [0.3, 0.4) is 0 Å². The predicted octanol–water partition coefficient (Wildman–Crippen LogP) is 6.92. The van der Waals surface area contributed by atoms with Gasteiger partial charge in [-0.05, 0) is 60.9 Å². The number of benzene rings is 3. The first-order valence-corrected chi connectivity index (χ1v) is 10.8. The van der Waals surface area contributed by atoms with Gasteiger partial charge < -0.3 is 4.74 Å². The van der Waals surface area contributed by atoms with Crippen LogP contribution in [-0.4, -0.2) is 6.61 Å². The Bertz CT molecular complexity index is 1280. The second-order valence-corrected chi connectivity index (χ2v) is 7.49. The van der Waals surface area contributed by atoms with Gasteiger partial charge >= 0.3 is 0 Å². The van der Waals surface area contributed by atoms with E-state index in [9.17, 15) is 22.0 Å². The Hall–Kier alpha value is -3.77. The molecule has 0 aliphatic heterocycles. The van der Waals surface area contributed by atoms with Gasteiger partial charge in [-0.2, -0.15) is 0 Å². The summed E-state index contributed by atoms with van der Waals surface area (Å²) in [7, 11) is 0. The molecule has 0 radical (unpaired) electrons. The Kier molecular flexibility index (Phi) is 8.33. The van der Waals surface area contributed by atoms with E-state index in [1.165, 1.54) is 24.3 Å². The van der Waals surface area contributed by atoms with Crippen molar-refractivity contribution in [1.29, 1.82) is 0 Å². The van der Waals surface area contributed by atoms with Gasteiger partial charge in [-0.15, -0.1) is 0 Å². The van der Waals surface area contributed by atoms with E-state index in [0.717, 1.165) is 31.0 Å². The van der Waals surface area contributed by atoms with E-state index in [2.05, 4.69) is 23.7 Å². The molecule has 0 bridgehead atoms. The predicted molar refractivity (Wildman–Crippen MR) is 121 cm³/mol. The zero-order chi connectivity index (χ0) is 24.7. The molecule has 0 aliphatic rings. The van der Waals surface area contributed by atoms with Crippen LogP contribution in [0, 0.1) is 52.8 Å². The highest BCUT2D eigenvalue weighted by Crippen LogP contribution is 2.20. The standard InChI is InChI=1S/C28H21F5O/c1-3-5-19-14-23(29)22(24(30)15-19)10-7-20-16-25(31)21(26(32)17-20)9-6-18-8-11-28(27(33)13-18)34-12-4-2/h8,11,13-17H,3-5,12H2,1-2H3. The average Bonchev–Trinajstić information content (AvgIpc) is 2.77. The van der Waals surface area contributed by atoms with Gasteiger partial charge in [0.15, 0.2) is 11.6 Å². The van der Waals surface area contributed by atoms with Crippen molar-refractivity contribution >= 4 is 0 Å². The molecular weight excluding hydrogens is 447 g/mol. The Morgan fingerprint density at radius 1 is 0.618 bits per heavy atom. The van der Waals surface area contributed by atoms with Crippen LogP contribution in [-0.2, 0) is 6.42 Å². The summed E-state index contributed by atoms with van der Waals surface area (Å²) in [6.07, 6.45) is 1.96. The number of halogens is 5. The molecule has 3 aromatic rings. The van der Waals surface area contributed by atoms with Crippen molar-refractivity contribution in [2.24, 2.45) is 0 Å². The maximum Gasteiger partial charge on any atom is 0.166 e. The maximum atomic E-state index is 14.5. The summed E-state index contributed by atoms with van der Waals surface area (Å²) in [4.78, 5) is 0. The topological polar surface area (TPSA) is 9.23 Å². The third-order valence-corrected chi connectivity index (χ3v) is 4.74. The molecule has 0 heterocycles. The molecule has 34 heavy (non-hydrogen) atoms. The zero-order valence-corrected chi connectivity index (χ0v) is 18.7. The molecular formula is C28H21F5O. The molecule has 0 aliphatic carbocycles. The third kappa shape index (κ3) is 6.17. The SMILES string of the molecule is CCCOc1ccc(C#Cc2c(F)cc(C#Cc3c(F)cc(CCC)cc3F)cc2F)cc1F. The van der Waals surface area contributed by atoms with Gasteiger partial charge in [-0.3, -0.25) is 0 Å². The van der Waals surface area contributed by atoms with Crippen molar-refractivity contribution in [3.05, 3.63) is 99.4 Å². The van der Waals surface area contributed by atoms with E-state index < -0.39 is 40.2 Å². The third-order valence-electron chi connectivity index (χ3n) is 4.74. The minimum absolute atomic E-state index is 0.0700. The van der Waals surface area contributed by atoms with Crippen LogP contribution >= 0.6 is 0 Å². The van der Waals surface area contributed by atoms with Gasteiger partial charge in [0, 0.05) is 11.1 Å². The summed E-state index contributed by atoms with van der Waals surface area (Å²) in [5.41, 5.74) is -0.399. The van der Waals surface area contributed by atoms with Gasteiger partial charge in [-0.25, -0.2) is 22.0 Å². The number of ether oxygens (including phenoxy) is 1. The van der Waals surface area contributed by atoms with Gasteiger partial charge in [0.05, 0.1) is 17.7 Å². The highest BCUT2D eigenvalue weighted by molar-refractivity contribution is 5.50. The number of rotatable bonds is 5. The Morgan fingerprint density at radius 3 is 1.68 bits per heavy atom. The fourth-order valence-electron chi connectivity index (χ4n) is 3.12. The van der Waals surface area contributed by atoms with Crippen molar-refractivity contribution in [1.82, 2.24) is 0 Å². The lowest BCUT2D eigenvalue weighted by atomic mass is 10.1. The number of hydrogen-bond donors (Lipinski definition) is 0. The molecule has 0 atom stereocenters. The van der Waals surface area contributed by atoms with Crippen LogP contribution < -0.4 is 4.74 Å². The van der Waals surface area contributed by atoms with E-state index in [0.29, 0.717) is 18.6 Å². The minimum Gasteiger partial charge on any atom is -0.491 e. The van der Waals surface area contributed by atoms with Gasteiger partial charge in [0.2, 0.25) is 0 Å². The molecule has 0 aromatic heterocycles. The first kappa shape index (κ1) is 24.9. The molecule has 3 aromatic carbocycles. The van der Waals surface area contributed by atoms with Crippen molar-refractivity contribution < 1.29 is 26.7 Å². The van der Waals surface area contributed by atoms with Crippen molar-refractivity contribution in [2.45, 2.75) is 33.1 Å². The Morgan fingerprint density at radius 2 is 1.15 bits per heavy atom. The molecule has 0 spiro atoms. The largest absolute Gasteiger partial charge is 0.491 e. The molecule has 6 heteroatoms. The lowest BCUT2D eigenvalue weighted by Gasteiger charge is -2.05.